The van der Waals surface area contributed by atoms with Gasteiger partial charge in [0.25, 0.3) is 0 Å². The van der Waals surface area contributed by atoms with Crippen LogP contribution in [0, 0.1) is 11.6 Å². The second-order valence-electron chi connectivity index (χ2n) is 3.62. The van der Waals surface area contributed by atoms with Gasteiger partial charge in [-0.2, -0.15) is 5.10 Å². The molecule has 0 spiro atoms. The molecule has 0 bridgehead atoms. The van der Waals surface area contributed by atoms with Crippen LogP contribution in [0.5, 0.6) is 0 Å². The van der Waals surface area contributed by atoms with Crippen LogP contribution >= 0.6 is 15.9 Å². The summed E-state index contributed by atoms with van der Waals surface area (Å²) in [5.41, 5.74) is 0.613. The molecule has 2 N–H and O–H groups in total. The van der Waals surface area contributed by atoms with Gasteiger partial charge in [-0.15, -0.1) is 0 Å². The molecule has 0 aliphatic carbocycles. The SMILES string of the molecule is CC(Nc1c(F)cc(Br)cc1F)c1ccn[nH]1. The summed E-state index contributed by atoms with van der Waals surface area (Å²) in [4.78, 5) is 0. The molecule has 1 heterocycles. The summed E-state index contributed by atoms with van der Waals surface area (Å²) in [6.45, 7) is 1.79. The molecule has 2 aromatic rings. The molecule has 0 radical (unpaired) electrons. The van der Waals surface area contributed by atoms with Crippen LogP contribution in [-0.2, 0) is 0 Å². The van der Waals surface area contributed by atoms with E-state index in [0.717, 1.165) is 5.69 Å². The lowest BCUT2D eigenvalue weighted by atomic mass is 10.2. The van der Waals surface area contributed by atoms with Crippen molar-refractivity contribution in [3.8, 4) is 0 Å². The van der Waals surface area contributed by atoms with E-state index in [9.17, 15) is 8.78 Å². The Bertz CT molecular complexity index is 490. The van der Waals surface area contributed by atoms with Crippen molar-refractivity contribution in [3.63, 3.8) is 0 Å². The second kappa shape index (κ2) is 4.83. The Morgan fingerprint density at radius 1 is 1.35 bits per heavy atom. The Morgan fingerprint density at radius 2 is 2.00 bits per heavy atom. The molecule has 0 saturated carbocycles. The van der Waals surface area contributed by atoms with Crippen LogP contribution in [-0.4, -0.2) is 10.2 Å². The lowest BCUT2D eigenvalue weighted by Crippen LogP contribution is -2.10. The first-order chi connectivity index (χ1) is 8.08. The van der Waals surface area contributed by atoms with Crippen molar-refractivity contribution in [3.05, 3.63) is 46.2 Å². The highest BCUT2D eigenvalue weighted by atomic mass is 79.9. The highest BCUT2D eigenvalue weighted by Gasteiger charge is 2.14. The molecule has 0 saturated heterocycles. The fourth-order valence-corrected chi connectivity index (χ4v) is 1.88. The third kappa shape index (κ3) is 2.63. The maximum absolute atomic E-state index is 13.6. The lowest BCUT2D eigenvalue weighted by Gasteiger charge is -2.15. The Kier molecular flexibility index (Phi) is 3.42. The summed E-state index contributed by atoms with van der Waals surface area (Å²) in [7, 11) is 0. The predicted molar refractivity (Wildman–Crippen MR) is 64.7 cm³/mol. The van der Waals surface area contributed by atoms with Gasteiger partial charge < -0.3 is 5.32 Å². The highest BCUT2D eigenvalue weighted by Crippen LogP contribution is 2.26. The van der Waals surface area contributed by atoms with Crippen molar-refractivity contribution in [2.75, 3.05) is 5.32 Å². The Morgan fingerprint density at radius 3 is 2.53 bits per heavy atom. The van der Waals surface area contributed by atoms with E-state index in [0.29, 0.717) is 4.47 Å². The zero-order valence-corrected chi connectivity index (χ0v) is 10.6. The van der Waals surface area contributed by atoms with Crippen LogP contribution < -0.4 is 5.32 Å². The molecule has 3 nitrogen and oxygen atoms in total. The molecule has 6 heteroatoms. The first-order valence-electron chi connectivity index (χ1n) is 4.98. The number of hydrogen-bond donors (Lipinski definition) is 2. The van der Waals surface area contributed by atoms with Gasteiger partial charge in [-0.25, -0.2) is 8.78 Å². The van der Waals surface area contributed by atoms with Gasteiger partial charge in [0, 0.05) is 10.7 Å². The Balaban J connectivity index is 2.25. The quantitative estimate of drug-likeness (QED) is 0.909. The third-order valence-electron chi connectivity index (χ3n) is 2.36. The number of nitrogens with one attached hydrogen (secondary N) is 2. The number of nitrogens with zero attached hydrogens (tertiary/aromatic N) is 1. The van der Waals surface area contributed by atoms with Crippen molar-refractivity contribution in [1.29, 1.82) is 0 Å². The summed E-state index contributed by atoms with van der Waals surface area (Å²) in [6.07, 6.45) is 1.59. The van der Waals surface area contributed by atoms with Crippen LogP contribution in [0.3, 0.4) is 0 Å². The number of rotatable bonds is 3. The number of anilines is 1. The lowest BCUT2D eigenvalue weighted by molar-refractivity contribution is 0.582. The topological polar surface area (TPSA) is 40.7 Å². The van der Waals surface area contributed by atoms with Crippen LogP contribution in [0.25, 0.3) is 0 Å². The molecule has 0 aliphatic heterocycles. The maximum Gasteiger partial charge on any atom is 0.150 e. The number of hydrogen-bond acceptors (Lipinski definition) is 2. The average molecular weight is 302 g/mol. The second-order valence-corrected chi connectivity index (χ2v) is 4.54. The Hall–Kier alpha value is -1.43. The first kappa shape index (κ1) is 12.0. The molecular formula is C11H10BrF2N3. The van der Waals surface area contributed by atoms with E-state index in [4.69, 9.17) is 0 Å². The van der Waals surface area contributed by atoms with E-state index in [1.54, 1.807) is 19.2 Å². The van der Waals surface area contributed by atoms with Crippen molar-refractivity contribution in [2.45, 2.75) is 13.0 Å². The fraction of sp³-hybridized carbons (Fsp3) is 0.182. The highest BCUT2D eigenvalue weighted by molar-refractivity contribution is 9.10. The zero-order chi connectivity index (χ0) is 12.4. The Labute approximate surface area is 105 Å². The zero-order valence-electron chi connectivity index (χ0n) is 8.97. The van der Waals surface area contributed by atoms with E-state index in [1.165, 1.54) is 12.1 Å². The molecule has 0 amide bonds. The van der Waals surface area contributed by atoms with Crippen molar-refractivity contribution in [2.24, 2.45) is 0 Å². The molecule has 90 valence electrons. The fourth-order valence-electron chi connectivity index (χ4n) is 1.48. The molecule has 1 unspecified atom stereocenters. The number of benzene rings is 1. The van der Waals surface area contributed by atoms with Crippen LogP contribution in [0.4, 0.5) is 14.5 Å². The molecule has 17 heavy (non-hydrogen) atoms. The predicted octanol–water partition coefficient (Wildman–Crippen LogP) is 3.62. The van der Waals surface area contributed by atoms with Gasteiger partial charge in [-0.05, 0) is 25.1 Å². The van der Waals surface area contributed by atoms with Crippen molar-refractivity contribution in [1.82, 2.24) is 10.2 Å². The molecule has 1 aromatic heterocycles. The van der Waals surface area contributed by atoms with E-state index in [-0.39, 0.29) is 11.7 Å². The molecule has 0 aliphatic rings. The minimum Gasteiger partial charge on any atom is -0.372 e. The van der Waals surface area contributed by atoms with Gasteiger partial charge in [-0.3, -0.25) is 5.10 Å². The van der Waals surface area contributed by atoms with Gasteiger partial charge in [0.1, 0.15) is 17.3 Å². The number of aromatic amines is 1. The molecule has 0 fully saturated rings. The van der Waals surface area contributed by atoms with Gasteiger partial charge in [-0.1, -0.05) is 15.9 Å². The van der Waals surface area contributed by atoms with Gasteiger partial charge in [0.05, 0.1) is 11.7 Å². The molecule has 1 aromatic carbocycles. The standard InChI is InChI=1S/C11H10BrF2N3/c1-6(10-2-3-15-17-10)16-11-8(13)4-7(12)5-9(11)14/h2-6,16H,1H3,(H,15,17). The van der Waals surface area contributed by atoms with Crippen molar-refractivity contribution >= 4 is 21.6 Å². The van der Waals surface area contributed by atoms with E-state index >= 15 is 0 Å². The average Bonchev–Trinajstić information content (AvgIpc) is 2.76. The summed E-state index contributed by atoms with van der Waals surface area (Å²) >= 11 is 3.03. The minimum atomic E-state index is -0.636. The minimum absolute atomic E-state index is 0.143. The van der Waals surface area contributed by atoms with Crippen LogP contribution in [0.15, 0.2) is 28.9 Å². The molecule has 1 atom stereocenters. The van der Waals surface area contributed by atoms with Gasteiger partial charge in [0.2, 0.25) is 0 Å². The summed E-state index contributed by atoms with van der Waals surface area (Å²) < 4.78 is 27.5. The van der Waals surface area contributed by atoms with Gasteiger partial charge in [0.15, 0.2) is 0 Å². The van der Waals surface area contributed by atoms with E-state index in [2.05, 4.69) is 31.4 Å². The van der Waals surface area contributed by atoms with Crippen LogP contribution in [0.2, 0.25) is 0 Å². The third-order valence-corrected chi connectivity index (χ3v) is 2.81. The van der Waals surface area contributed by atoms with Crippen molar-refractivity contribution < 1.29 is 8.78 Å². The molecule has 2 rings (SSSR count). The normalized spacial score (nSPS) is 12.5. The number of halogens is 3. The summed E-state index contributed by atoms with van der Waals surface area (Å²) in [6, 6.07) is 3.91. The van der Waals surface area contributed by atoms with Crippen LogP contribution in [0.1, 0.15) is 18.7 Å². The smallest absolute Gasteiger partial charge is 0.150 e. The van der Waals surface area contributed by atoms with E-state index < -0.39 is 11.6 Å². The molecular weight excluding hydrogens is 292 g/mol. The summed E-state index contributed by atoms with van der Waals surface area (Å²) in [5, 5.41) is 9.29. The number of aromatic nitrogens is 2. The maximum atomic E-state index is 13.6. The van der Waals surface area contributed by atoms with Gasteiger partial charge >= 0.3 is 0 Å². The first-order valence-corrected chi connectivity index (χ1v) is 5.77. The summed E-state index contributed by atoms with van der Waals surface area (Å²) in [5.74, 6) is -1.27. The van der Waals surface area contributed by atoms with E-state index in [1.807, 2.05) is 0 Å². The monoisotopic (exact) mass is 301 g/mol. The largest absolute Gasteiger partial charge is 0.372 e. The number of H-pyrrole nitrogens is 1.